The zero-order valence-electron chi connectivity index (χ0n) is 18.0. The van der Waals surface area contributed by atoms with Crippen molar-refractivity contribution in [3.05, 3.63) is 77.4 Å². The molecule has 0 aliphatic carbocycles. The lowest BCUT2D eigenvalue weighted by atomic mass is 10.2. The topological polar surface area (TPSA) is 105 Å². The molecule has 0 unspecified atom stereocenters. The van der Waals surface area contributed by atoms with Crippen LogP contribution in [0.15, 0.2) is 64.6 Å². The maximum absolute atomic E-state index is 13.0. The Hall–Kier alpha value is -3.46. The number of anilines is 1. The lowest BCUT2D eigenvalue weighted by Crippen LogP contribution is -2.29. The van der Waals surface area contributed by atoms with E-state index < -0.39 is 10.0 Å². The van der Waals surface area contributed by atoms with Crippen LogP contribution in [0, 0.1) is 13.8 Å². The molecule has 9 heteroatoms. The van der Waals surface area contributed by atoms with Gasteiger partial charge >= 0.3 is 0 Å². The molecule has 4 rings (SSSR count). The van der Waals surface area contributed by atoms with Crippen LogP contribution in [-0.2, 0) is 16.6 Å². The number of sulfonamides is 1. The van der Waals surface area contributed by atoms with Crippen LogP contribution in [-0.4, -0.2) is 36.3 Å². The summed E-state index contributed by atoms with van der Waals surface area (Å²) in [5.41, 5.74) is 3.59. The fourth-order valence-electron chi connectivity index (χ4n) is 3.70. The summed E-state index contributed by atoms with van der Waals surface area (Å²) in [7, 11) is -3.76. The summed E-state index contributed by atoms with van der Waals surface area (Å²) in [4.78, 5) is 21.6. The van der Waals surface area contributed by atoms with E-state index in [2.05, 4.69) is 20.0 Å². The molecule has 1 aliphatic rings. The second-order valence-electron chi connectivity index (χ2n) is 7.71. The van der Waals surface area contributed by atoms with E-state index in [4.69, 9.17) is 0 Å². The van der Waals surface area contributed by atoms with Crippen molar-refractivity contribution in [2.45, 2.75) is 38.1 Å². The average Bonchev–Trinajstić information content (AvgIpc) is 3.37. The van der Waals surface area contributed by atoms with Gasteiger partial charge < -0.3 is 9.88 Å². The van der Waals surface area contributed by atoms with E-state index in [0.717, 1.165) is 23.5 Å². The minimum absolute atomic E-state index is 0.0746. The Morgan fingerprint density at radius 2 is 1.97 bits per heavy atom. The van der Waals surface area contributed by atoms with E-state index in [1.54, 1.807) is 18.3 Å². The van der Waals surface area contributed by atoms with Crippen molar-refractivity contribution in [3.8, 4) is 0 Å². The third kappa shape index (κ3) is 4.72. The molecule has 1 aliphatic heterocycles. The monoisotopic (exact) mass is 451 g/mol. The Bertz CT molecular complexity index is 1280. The summed E-state index contributed by atoms with van der Waals surface area (Å²) in [6.07, 6.45) is 3.20. The maximum atomic E-state index is 13.0. The number of hydrogen-bond donors (Lipinski definition) is 2. The standard InChI is InChI=1S/C23H25N5O3S/c1-16-13-21(17(2)28(16)15-19-7-3-4-11-24-19)23(29)26-18-8-5-9-20(14-18)32(30,31)27-22-10-6-12-25-22/h3-5,7-9,11,13-14H,6,10,12,15H2,1-2H3,(H,25,27)(H,26,29). The van der Waals surface area contributed by atoms with Gasteiger partial charge in [0.15, 0.2) is 0 Å². The zero-order chi connectivity index (χ0) is 22.7. The zero-order valence-corrected chi connectivity index (χ0v) is 18.8. The highest BCUT2D eigenvalue weighted by molar-refractivity contribution is 7.90. The van der Waals surface area contributed by atoms with Gasteiger partial charge in [0.1, 0.15) is 5.84 Å². The van der Waals surface area contributed by atoms with E-state index >= 15 is 0 Å². The van der Waals surface area contributed by atoms with Crippen LogP contribution >= 0.6 is 0 Å². The highest BCUT2D eigenvalue weighted by atomic mass is 32.2. The van der Waals surface area contributed by atoms with Crippen molar-refractivity contribution in [1.82, 2.24) is 14.3 Å². The third-order valence-electron chi connectivity index (χ3n) is 5.39. The summed E-state index contributed by atoms with van der Waals surface area (Å²) in [5.74, 6) is 0.174. The molecule has 0 fully saturated rings. The van der Waals surface area contributed by atoms with Crippen molar-refractivity contribution in [2.75, 3.05) is 11.9 Å². The molecule has 32 heavy (non-hydrogen) atoms. The molecular formula is C23H25N5O3S. The molecule has 0 saturated heterocycles. The number of aromatic nitrogens is 2. The molecule has 0 radical (unpaired) electrons. The van der Waals surface area contributed by atoms with Crippen LogP contribution in [0.1, 0.15) is 40.3 Å². The quantitative estimate of drug-likeness (QED) is 0.600. The highest BCUT2D eigenvalue weighted by Gasteiger charge is 2.20. The Balaban J connectivity index is 1.52. The Labute approximate surface area is 187 Å². The van der Waals surface area contributed by atoms with Gasteiger partial charge in [-0.2, -0.15) is 0 Å². The molecule has 3 heterocycles. The largest absolute Gasteiger partial charge is 0.342 e. The molecule has 8 nitrogen and oxygen atoms in total. The number of carbonyl (C=O) groups is 1. The molecule has 1 aromatic carbocycles. The number of rotatable bonds is 6. The van der Waals surface area contributed by atoms with E-state index in [1.807, 2.05) is 42.7 Å². The van der Waals surface area contributed by atoms with E-state index in [0.29, 0.717) is 36.6 Å². The third-order valence-corrected chi connectivity index (χ3v) is 6.77. The van der Waals surface area contributed by atoms with Gasteiger partial charge in [-0.05, 0) is 56.7 Å². The number of nitrogens with one attached hydrogen (secondary N) is 2. The van der Waals surface area contributed by atoms with E-state index in [1.165, 1.54) is 12.1 Å². The lowest BCUT2D eigenvalue weighted by Gasteiger charge is -2.11. The smallest absolute Gasteiger partial charge is 0.262 e. The van der Waals surface area contributed by atoms with E-state index in [9.17, 15) is 13.2 Å². The molecule has 0 atom stereocenters. The molecule has 2 aromatic heterocycles. The number of carbonyl (C=O) groups excluding carboxylic acids is 1. The number of aliphatic imine (C=N–C) groups is 1. The summed E-state index contributed by atoms with van der Waals surface area (Å²) < 4.78 is 29.9. The fraction of sp³-hybridized carbons (Fsp3) is 0.261. The van der Waals surface area contributed by atoms with Crippen LogP contribution in [0.3, 0.4) is 0 Å². The first kappa shape index (κ1) is 21.8. The minimum atomic E-state index is -3.76. The van der Waals surface area contributed by atoms with Gasteiger partial charge in [-0.1, -0.05) is 12.1 Å². The number of pyridine rings is 1. The van der Waals surface area contributed by atoms with Crippen LogP contribution in [0.5, 0.6) is 0 Å². The number of benzene rings is 1. The van der Waals surface area contributed by atoms with Crippen LogP contribution in [0.4, 0.5) is 5.69 Å². The van der Waals surface area contributed by atoms with Gasteiger partial charge in [0.2, 0.25) is 0 Å². The first-order valence-corrected chi connectivity index (χ1v) is 11.9. The van der Waals surface area contributed by atoms with Crippen LogP contribution in [0.25, 0.3) is 0 Å². The maximum Gasteiger partial charge on any atom is 0.262 e. The van der Waals surface area contributed by atoms with Crippen molar-refractivity contribution in [2.24, 2.45) is 4.99 Å². The SMILES string of the molecule is Cc1cc(C(=O)Nc2cccc(S(=O)(=O)NC3=NCCC3)c2)c(C)n1Cc1ccccn1. The summed E-state index contributed by atoms with van der Waals surface area (Å²) in [6.45, 7) is 5.02. The van der Waals surface area contributed by atoms with E-state index in [-0.39, 0.29) is 10.8 Å². The fourth-order valence-corrected chi connectivity index (χ4v) is 4.84. The number of amidine groups is 1. The second-order valence-corrected chi connectivity index (χ2v) is 9.39. The van der Waals surface area contributed by atoms with Crippen molar-refractivity contribution < 1.29 is 13.2 Å². The molecule has 1 amide bonds. The Morgan fingerprint density at radius 1 is 1.12 bits per heavy atom. The van der Waals surface area contributed by atoms with Crippen molar-refractivity contribution in [1.29, 1.82) is 0 Å². The molecule has 0 bridgehead atoms. The number of hydrogen-bond acceptors (Lipinski definition) is 5. The lowest BCUT2D eigenvalue weighted by molar-refractivity contribution is 0.102. The highest BCUT2D eigenvalue weighted by Crippen LogP contribution is 2.20. The van der Waals surface area contributed by atoms with Gasteiger partial charge in [0.05, 0.1) is 22.7 Å². The average molecular weight is 452 g/mol. The van der Waals surface area contributed by atoms with Gasteiger partial charge in [-0.25, -0.2) is 8.42 Å². The Morgan fingerprint density at radius 3 is 2.69 bits per heavy atom. The van der Waals surface area contributed by atoms with Crippen LogP contribution < -0.4 is 10.0 Å². The predicted octanol–water partition coefficient (Wildman–Crippen LogP) is 3.27. The summed E-state index contributed by atoms with van der Waals surface area (Å²) in [5, 5.41) is 2.82. The summed E-state index contributed by atoms with van der Waals surface area (Å²) >= 11 is 0. The molecule has 2 N–H and O–H groups in total. The first-order chi connectivity index (χ1) is 15.3. The number of amides is 1. The van der Waals surface area contributed by atoms with Gasteiger partial charge in [0.25, 0.3) is 15.9 Å². The number of nitrogens with zero attached hydrogens (tertiary/aromatic N) is 3. The molecular weight excluding hydrogens is 426 g/mol. The number of aryl methyl sites for hydroxylation is 1. The first-order valence-electron chi connectivity index (χ1n) is 10.4. The van der Waals surface area contributed by atoms with Crippen LogP contribution in [0.2, 0.25) is 0 Å². The molecule has 0 spiro atoms. The molecule has 3 aromatic rings. The van der Waals surface area contributed by atoms with Gasteiger partial charge in [-0.3, -0.25) is 19.5 Å². The molecule has 166 valence electrons. The second kappa shape index (κ2) is 8.96. The van der Waals surface area contributed by atoms with Gasteiger partial charge in [0, 0.05) is 36.2 Å². The molecule has 0 saturated carbocycles. The predicted molar refractivity (Wildman–Crippen MR) is 123 cm³/mol. The van der Waals surface area contributed by atoms with Crippen molar-refractivity contribution >= 4 is 27.5 Å². The normalized spacial score (nSPS) is 13.6. The minimum Gasteiger partial charge on any atom is -0.342 e. The Kier molecular flexibility index (Phi) is 6.09. The van der Waals surface area contributed by atoms with Crippen molar-refractivity contribution in [3.63, 3.8) is 0 Å². The summed E-state index contributed by atoms with van der Waals surface area (Å²) in [6, 6.07) is 13.8. The van der Waals surface area contributed by atoms with Gasteiger partial charge in [-0.15, -0.1) is 0 Å².